The van der Waals surface area contributed by atoms with Crippen molar-refractivity contribution >= 4 is 18.2 Å². The monoisotopic (exact) mass is 391 g/mol. The second-order valence-electron chi connectivity index (χ2n) is 6.85. The fourth-order valence-corrected chi connectivity index (χ4v) is 2.27. The number of ether oxygens (including phenoxy) is 3. The van der Waals surface area contributed by atoms with Gasteiger partial charge in [0.1, 0.15) is 5.60 Å². The van der Waals surface area contributed by atoms with Gasteiger partial charge in [0.25, 0.3) is 11.0 Å². The van der Waals surface area contributed by atoms with Gasteiger partial charge < -0.3 is 24.4 Å². The fourth-order valence-electron chi connectivity index (χ4n) is 2.27. The number of hydrogen-bond acceptors (Lipinski definition) is 9. The number of piperidine rings is 1. The molecule has 2 amide bonds. The lowest BCUT2D eigenvalue weighted by Gasteiger charge is -2.32. The molecular formula is C15H25N3O9. The van der Waals surface area contributed by atoms with Crippen LogP contribution in [0.2, 0.25) is 0 Å². The molecule has 0 radical (unpaired) electrons. The molecule has 0 aromatic carbocycles. The minimum atomic E-state index is -1.45. The molecule has 1 N–H and O–H groups in total. The smallest absolute Gasteiger partial charge is 0.444 e. The van der Waals surface area contributed by atoms with Crippen molar-refractivity contribution in [3.8, 4) is 0 Å². The molecule has 1 atom stereocenters. The Morgan fingerprint density at radius 3 is 2.37 bits per heavy atom. The second-order valence-corrected chi connectivity index (χ2v) is 6.85. The summed E-state index contributed by atoms with van der Waals surface area (Å²) in [7, 11) is 0. The first-order valence-electron chi connectivity index (χ1n) is 8.38. The van der Waals surface area contributed by atoms with E-state index in [2.05, 4.69) is 19.6 Å². The number of hydrogen-bond donors (Lipinski definition) is 1. The Morgan fingerprint density at radius 1 is 1.26 bits per heavy atom. The van der Waals surface area contributed by atoms with Crippen molar-refractivity contribution in [2.75, 3.05) is 19.7 Å². The first-order chi connectivity index (χ1) is 12.5. The third-order valence-corrected chi connectivity index (χ3v) is 3.38. The molecule has 0 saturated carbocycles. The Balaban J connectivity index is 2.28. The molecule has 1 rings (SSSR count). The SMILES string of the molecule is CC(OC(=O)OCC(=O)N1CCC(NC(=O)OC(C)(C)C)CC1)O[N+](=O)[O-]. The van der Waals surface area contributed by atoms with Gasteiger partial charge in [-0.05, 0) is 40.5 Å². The highest BCUT2D eigenvalue weighted by atomic mass is 17.0. The van der Waals surface area contributed by atoms with Gasteiger partial charge in [-0.1, -0.05) is 0 Å². The number of nitrogens with one attached hydrogen (secondary N) is 1. The van der Waals surface area contributed by atoms with Gasteiger partial charge in [0.2, 0.25) is 6.29 Å². The second kappa shape index (κ2) is 9.78. The van der Waals surface area contributed by atoms with Crippen LogP contribution in [0.1, 0.15) is 40.5 Å². The van der Waals surface area contributed by atoms with Crippen LogP contribution in [0, 0.1) is 10.1 Å². The molecule has 1 aliphatic heterocycles. The fraction of sp³-hybridized carbons (Fsp3) is 0.800. The molecule has 1 heterocycles. The molecule has 0 aromatic rings. The maximum atomic E-state index is 12.0. The number of alkyl carbamates (subject to hydrolysis) is 1. The highest BCUT2D eigenvalue weighted by molar-refractivity contribution is 5.79. The van der Waals surface area contributed by atoms with Crippen LogP contribution in [0.3, 0.4) is 0 Å². The van der Waals surface area contributed by atoms with Crippen LogP contribution >= 0.6 is 0 Å². The zero-order valence-electron chi connectivity index (χ0n) is 15.8. The predicted molar refractivity (Wildman–Crippen MR) is 88.9 cm³/mol. The van der Waals surface area contributed by atoms with Crippen molar-refractivity contribution in [1.82, 2.24) is 10.2 Å². The van der Waals surface area contributed by atoms with E-state index in [1.54, 1.807) is 20.8 Å². The summed E-state index contributed by atoms with van der Waals surface area (Å²) in [5.41, 5.74) is -0.588. The number of likely N-dealkylation sites (tertiary alicyclic amines) is 1. The number of nitrogens with zero attached hydrogens (tertiary/aromatic N) is 2. The summed E-state index contributed by atoms with van der Waals surface area (Å²) in [6, 6.07) is -0.116. The minimum absolute atomic E-state index is 0.116. The van der Waals surface area contributed by atoms with Crippen LogP contribution in [0.25, 0.3) is 0 Å². The Kier molecular flexibility index (Phi) is 8.06. The van der Waals surface area contributed by atoms with Crippen LogP contribution in [-0.4, -0.2) is 65.8 Å². The van der Waals surface area contributed by atoms with Crippen LogP contribution in [-0.2, 0) is 23.8 Å². The van der Waals surface area contributed by atoms with Crippen LogP contribution in [0.5, 0.6) is 0 Å². The molecule has 1 aliphatic rings. The highest BCUT2D eigenvalue weighted by Gasteiger charge is 2.26. The van der Waals surface area contributed by atoms with E-state index in [4.69, 9.17) is 4.74 Å². The zero-order chi connectivity index (χ0) is 20.6. The number of rotatable bonds is 6. The van der Waals surface area contributed by atoms with Gasteiger partial charge in [0.05, 0.1) is 0 Å². The maximum Gasteiger partial charge on any atom is 0.510 e. The molecule has 1 unspecified atom stereocenters. The molecule has 154 valence electrons. The first kappa shape index (κ1) is 22.3. The van der Waals surface area contributed by atoms with Gasteiger partial charge in [-0.3, -0.25) is 9.63 Å². The quantitative estimate of drug-likeness (QED) is 0.305. The van der Waals surface area contributed by atoms with Crippen LogP contribution in [0.4, 0.5) is 9.59 Å². The molecule has 12 heteroatoms. The Bertz CT molecular complexity index is 553. The number of carbonyl (C=O) groups excluding carboxylic acids is 3. The van der Waals surface area contributed by atoms with Gasteiger partial charge in [0.15, 0.2) is 6.61 Å². The largest absolute Gasteiger partial charge is 0.510 e. The van der Waals surface area contributed by atoms with Gasteiger partial charge >= 0.3 is 12.2 Å². The summed E-state index contributed by atoms with van der Waals surface area (Å²) in [6.45, 7) is 6.62. The number of carbonyl (C=O) groups is 3. The first-order valence-corrected chi connectivity index (χ1v) is 8.38. The van der Waals surface area contributed by atoms with Crippen molar-refractivity contribution < 1.29 is 38.5 Å². The topological polar surface area (TPSA) is 147 Å². The Morgan fingerprint density at radius 2 is 1.85 bits per heavy atom. The van der Waals surface area contributed by atoms with E-state index in [0.717, 1.165) is 6.92 Å². The van der Waals surface area contributed by atoms with Crippen molar-refractivity contribution in [1.29, 1.82) is 0 Å². The lowest BCUT2D eigenvalue weighted by atomic mass is 10.1. The minimum Gasteiger partial charge on any atom is -0.444 e. The molecule has 0 aromatic heterocycles. The normalized spacial score (nSPS) is 16.1. The standard InChI is InChI=1S/C15H25N3O9/c1-10(27-18(22)23)25-14(21)24-9-12(19)17-7-5-11(6-8-17)16-13(20)26-15(2,3)4/h10-11H,5-9H2,1-4H3,(H,16,20). The lowest BCUT2D eigenvalue weighted by molar-refractivity contribution is -0.777. The molecule has 0 bridgehead atoms. The lowest BCUT2D eigenvalue weighted by Crippen LogP contribution is -2.48. The van der Waals surface area contributed by atoms with Gasteiger partial charge in [-0.2, -0.15) is 0 Å². The predicted octanol–water partition coefficient (Wildman–Crippen LogP) is 1.21. The van der Waals surface area contributed by atoms with Crippen molar-refractivity contribution in [3.05, 3.63) is 10.1 Å². The average Bonchev–Trinajstić information content (AvgIpc) is 2.50. The number of amides is 2. The average molecular weight is 391 g/mol. The Hall–Kier alpha value is -2.79. The third-order valence-electron chi connectivity index (χ3n) is 3.38. The summed E-state index contributed by atoms with van der Waals surface area (Å²) < 4.78 is 14.2. The van der Waals surface area contributed by atoms with Crippen molar-refractivity contribution in [2.45, 2.75) is 58.5 Å². The maximum absolute atomic E-state index is 12.0. The summed E-state index contributed by atoms with van der Waals surface area (Å²) in [5.74, 6) is -0.439. The molecule has 12 nitrogen and oxygen atoms in total. The molecule has 0 aliphatic carbocycles. The van der Waals surface area contributed by atoms with Gasteiger partial charge in [-0.25, -0.2) is 9.59 Å². The highest BCUT2D eigenvalue weighted by Crippen LogP contribution is 2.13. The zero-order valence-corrected chi connectivity index (χ0v) is 15.8. The van der Waals surface area contributed by atoms with E-state index in [0.29, 0.717) is 25.9 Å². The van der Waals surface area contributed by atoms with Gasteiger partial charge in [-0.15, -0.1) is 10.1 Å². The molecule has 0 spiro atoms. The van der Waals surface area contributed by atoms with Gasteiger partial charge in [0, 0.05) is 19.1 Å². The van der Waals surface area contributed by atoms with E-state index in [9.17, 15) is 24.5 Å². The molecular weight excluding hydrogens is 366 g/mol. The van der Waals surface area contributed by atoms with Crippen molar-refractivity contribution in [3.63, 3.8) is 0 Å². The molecule has 1 saturated heterocycles. The third kappa shape index (κ3) is 9.47. The Labute approximate surface area is 156 Å². The van der Waals surface area contributed by atoms with Crippen LogP contribution in [0.15, 0.2) is 0 Å². The van der Waals surface area contributed by atoms with Crippen molar-refractivity contribution in [2.24, 2.45) is 0 Å². The van der Waals surface area contributed by atoms with E-state index in [1.165, 1.54) is 4.90 Å². The van der Waals surface area contributed by atoms with E-state index < -0.39 is 41.7 Å². The summed E-state index contributed by atoms with van der Waals surface area (Å²) in [6.07, 6.45) is -2.15. The summed E-state index contributed by atoms with van der Waals surface area (Å²) >= 11 is 0. The van der Waals surface area contributed by atoms with Crippen LogP contribution < -0.4 is 5.32 Å². The summed E-state index contributed by atoms with van der Waals surface area (Å²) in [4.78, 5) is 50.6. The van der Waals surface area contributed by atoms with E-state index in [-0.39, 0.29) is 6.04 Å². The van der Waals surface area contributed by atoms with E-state index >= 15 is 0 Å². The summed E-state index contributed by atoms with van der Waals surface area (Å²) in [5, 5.41) is 11.7. The molecule has 27 heavy (non-hydrogen) atoms. The van der Waals surface area contributed by atoms with E-state index in [1.807, 2.05) is 0 Å². The molecule has 1 fully saturated rings.